The molecule has 0 bridgehead atoms. The van der Waals surface area contributed by atoms with E-state index in [1.807, 2.05) is 42.5 Å². The summed E-state index contributed by atoms with van der Waals surface area (Å²) in [5.74, 6) is -0.131. The van der Waals surface area contributed by atoms with E-state index in [-0.39, 0.29) is 11.5 Å². The maximum absolute atomic E-state index is 10.1. The Kier molecular flexibility index (Phi) is 4.76. The van der Waals surface area contributed by atoms with Crippen molar-refractivity contribution >= 4 is 33.5 Å². The van der Waals surface area contributed by atoms with Gasteiger partial charge >= 0.3 is 0 Å². The second-order valence-corrected chi connectivity index (χ2v) is 6.06. The van der Waals surface area contributed by atoms with Gasteiger partial charge < -0.3 is 10.2 Å². The Morgan fingerprint density at radius 3 is 1.61 bits per heavy atom. The lowest BCUT2D eigenvalue weighted by molar-refractivity contribution is 0.456. The van der Waals surface area contributed by atoms with Crippen LogP contribution in [0.25, 0.3) is 10.8 Å². The van der Waals surface area contributed by atoms with E-state index < -0.39 is 0 Å². The summed E-state index contributed by atoms with van der Waals surface area (Å²) >= 11 is 0. The number of azo groups is 2. The number of aromatic hydroxyl groups is 2. The van der Waals surface area contributed by atoms with Crippen LogP contribution in [-0.2, 0) is 0 Å². The highest BCUT2D eigenvalue weighted by Crippen LogP contribution is 2.41. The van der Waals surface area contributed by atoms with Crippen LogP contribution in [0.2, 0.25) is 0 Å². The van der Waals surface area contributed by atoms with Gasteiger partial charge in [0.1, 0.15) is 17.2 Å². The maximum Gasteiger partial charge on any atom is 0.147 e. The molecule has 4 aromatic rings. The summed E-state index contributed by atoms with van der Waals surface area (Å²) in [5, 5.41) is 38.1. The quantitative estimate of drug-likeness (QED) is 0.377. The van der Waals surface area contributed by atoms with E-state index in [1.54, 1.807) is 36.4 Å². The second-order valence-electron chi connectivity index (χ2n) is 6.06. The number of fused-ring (bicyclic) bond motifs is 1. The number of nitrogens with zero attached hydrogens (tertiary/aromatic N) is 4. The monoisotopic (exact) mass is 368 g/mol. The zero-order valence-corrected chi connectivity index (χ0v) is 14.8. The van der Waals surface area contributed by atoms with Crippen LogP contribution in [0.4, 0.5) is 22.7 Å². The van der Waals surface area contributed by atoms with Crippen molar-refractivity contribution in [1.29, 1.82) is 0 Å². The average Bonchev–Trinajstić information content (AvgIpc) is 2.74. The molecular formula is C22H16N4O2. The molecule has 0 heterocycles. The van der Waals surface area contributed by atoms with Crippen molar-refractivity contribution in [2.75, 3.05) is 0 Å². The smallest absolute Gasteiger partial charge is 0.147 e. The summed E-state index contributed by atoms with van der Waals surface area (Å²) in [7, 11) is 0. The molecule has 4 aromatic carbocycles. The molecule has 6 nitrogen and oxygen atoms in total. The van der Waals surface area contributed by atoms with Gasteiger partial charge in [-0.3, -0.25) is 0 Å². The fraction of sp³-hybridized carbons (Fsp3) is 0. The van der Waals surface area contributed by atoms with E-state index in [0.717, 1.165) is 5.69 Å². The van der Waals surface area contributed by atoms with Gasteiger partial charge in [0.05, 0.1) is 17.1 Å². The molecule has 0 radical (unpaired) electrons. The lowest BCUT2D eigenvalue weighted by Crippen LogP contribution is -1.77. The Balaban J connectivity index is 1.58. The van der Waals surface area contributed by atoms with E-state index in [4.69, 9.17) is 0 Å². The highest BCUT2D eigenvalue weighted by molar-refractivity contribution is 5.99. The minimum absolute atomic E-state index is 0.000167. The van der Waals surface area contributed by atoms with Gasteiger partial charge in [0.15, 0.2) is 0 Å². The van der Waals surface area contributed by atoms with E-state index in [1.165, 1.54) is 6.07 Å². The largest absolute Gasteiger partial charge is 0.507 e. The molecule has 4 rings (SSSR count). The second kappa shape index (κ2) is 7.67. The third kappa shape index (κ3) is 3.71. The zero-order valence-electron chi connectivity index (χ0n) is 14.8. The van der Waals surface area contributed by atoms with E-state index >= 15 is 0 Å². The molecule has 136 valence electrons. The molecule has 0 saturated heterocycles. The first-order chi connectivity index (χ1) is 13.7. The van der Waals surface area contributed by atoms with Gasteiger partial charge in [-0.05, 0) is 36.4 Å². The number of hydrogen-bond acceptors (Lipinski definition) is 6. The predicted molar refractivity (Wildman–Crippen MR) is 109 cm³/mol. The van der Waals surface area contributed by atoms with Gasteiger partial charge in [-0.2, -0.15) is 15.3 Å². The lowest BCUT2D eigenvalue weighted by atomic mass is 10.1. The number of hydrogen-bond donors (Lipinski definition) is 2. The predicted octanol–water partition coefficient (Wildman–Crippen LogP) is 7.08. The van der Waals surface area contributed by atoms with Crippen LogP contribution >= 0.6 is 0 Å². The number of phenolic OH excluding ortho intramolecular Hbond substituents is 2. The van der Waals surface area contributed by atoms with Crippen LogP contribution in [0.5, 0.6) is 11.5 Å². The summed E-state index contributed by atoms with van der Waals surface area (Å²) in [4.78, 5) is 0. The molecule has 0 aliphatic heterocycles. The van der Waals surface area contributed by atoms with Crippen LogP contribution < -0.4 is 0 Å². The van der Waals surface area contributed by atoms with Crippen molar-refractivity contribution in [2.24, 2.45) is 20.5 Å². The van der Waals surface area contributed by atoms with E-state index in [2.05, 4.69) is 20.5 Å². The fourth-order valence-electron chi connectivity index (χ4n) is 2.74. The summed E-state index contributed by atoms with van der Waals surface area (Å²) in [6.07, 6.45) is 0. The average molecular weight is 368 g/mol. The van der Waals surface area contributed by atoms with Gasteiger partial charge in [-0.1, -0.05) is 42.5 Å². The number of rotatable bonds is 4. The van der Waals surface area contributed by atoms with E-state index in [9.17, 15) is 10.2 Å². The maximum atomic E-state index is 10.1. The molecule has 0 spiro atoms. The molecular weight excluding hydrogens is 352 g/mol. The summed E-state index contributed by atoms with van der Waals surface area (Å²) in [5.41, 5.74) is 2.39. The zero-order chi connectivity index (χ0) is 19.3. The molecule has 0 unspecified atom stereocenters. The first-order valence-corrected chi connectivity index (χ1v) is 8.63. The minimum atomic E-state index is -0.131. The topological polar surface area (TPSA) is 89.9 Å². The molecule has 6 heteroatoms. The molecule has 0 fully saturated rings. The van der Waals surface area contributed by atoms with Crippen molar-refractivity contribution in [1.82, 2.24) is 0 Å². The van der Waals surface area contributed by atoms with Crippen molar-refractivity contribution in [3.63, 3.8) is 0 Å². The van der Waals surface area contributed by atoms with E-state index in [0.29, 0.717) is 27.8 Å². The Morgan fingerprint density at radius 1 is 0.464 bits per heavy atom. The van der Waals surface area contributed by atoms with Gasteiger partial charge in [-0.15, -0.1) is 5.11 Å². The molecule has 0 atom stereocenters. The number of phenols is 2. The molecule has 0 aromatic heterocycles. The third-order valence-corrected chi connectivity index (χ3v) is 4.13. The van der Waals surface area contributed by atoms with Crippen LogP contribution in [0.15, 0.2) is 105 Å². The SMILES string of the molecule is Oc1cc(O)c2ccccc2c1N=Nc1ccc(N=Nc2ccccc2)cc1. The van der Waals surface area contributed by atoms with Gasteiger partial charge in [-0.25, -0.2) is 0 Å². The number of benzene rings is 4. The van der Waals surface area contributed by atoms with Gasteiger partial charge in [0.2, 0.25) is 0 Å². The van der Waals surface area contributed by atoms with Crippen molar-refractivity contribution in [3.05, 3.63) is 84.9 Å². The summed E-state index contributed by atoms with van der Waals surface area (Å²) in [6.45, 7) is 0. The molecule has 0 amide bonds. The molecule has 2 N–H and O–H groups in total. The van der Waals surface area contributed by atoms with Gasteiger partial charge in [0.25, 0.3) is 0 Å². The summed E-state index contributed by atoms with van der Waals surface area (Å²) in [6, 6.07) is 25.0. The highest BCUT2D eigenvalue weighted by Gasteiger charge is 2.10. The lowest BCUT2D eigenvalue weighted by Gasteiger charge is -2.06. The molecule has 0 aliphatic rings. The molecule has 0 saturated carbocycles. The third-order valence-electron chi connectivity index (χ3n) is 4.13. The van der Waals surface area contributed by atoms with Crippen molar-refractivity contribution in [2.45, 2.75) is 0 Å². The molecule has 28 heavy (non-hydrogen) atoms. The Hall–Kier alpha value is -4.06. The summed E-state index contributed by atoms with van der Waals surface area (Å²) < 4.78 is 0. The van der Waals surface area contributed by atoms with Gasteiger partial charge in [0, 0.05) is 16.8 Å². The first kappa shape index (κ1) is 17.4. The van der Waals surface area contributed by atoms with Crippen LogP contribution in [0, 0.1) is 0 Å². The molecule has 0 aliphatic carbocycles. The fourth-order valence-corrected chi connectivity index (χ4v) is 2.74. The minimum Gasteiger partial charge on any atom is -0.507 e. The Labute approximate surface area is 161 Å². The van der Waals surface area contributed by atoms with Crippen molar-refractivity contribution in [3.8, 4) is 11.5 Å². The first-order valence-electron chi connectivity index (χ1n) is 8.63. The van der Waals surface area contributed by atoms with Crippen molar-refractivity contribution < 1.29 is 10.2 Å². The van der Waals surface area contributed by atoms with Crippen LogP contribution in [0.1, 0.15) is 0 Å². The normalized spacial score (nSPS) is 11.6. The Morgan fingerprint density at radius 2 is 0.964 bits per heavy atom. The van der Waals surface area contributed by atoms with Crippen LogP contribution in [0.3, 0.4) is 0 Å². The Bertz CT molecular complexity index is 1170. The van der Waals surface area contributed by atoms with Crippen LogP contribution in [-0.4, -0.2) is 10.2 Å². The highest BCUT2D eigenvalue weighted by atomic mass is 16.3. The standard InChI is InChI=1S/C22H16N4O2/c27-20-14-21(28)22(19-9-5-4-8-18(19)20)26-25-17-12-10-16(11-13-17)24-23-15-6-2-1-3-7-15/h1-14,27-28H.